The fourth-order valence-corrected chi connectivity index (χ4v) is 3.90. The van der Waals surface area contributed by atoms with E-state index in [0.717, 1.165) is 24.6 Å². The van der Waals surface area contributed by atoms with Crippen molar-refractivity contribution in [3.05, 3.63) is 53.2 Å². The third-order valence-electron chi connectivity index (χ3n) is 5.99. The molecule has 3 heterocycles. The van der Waals surface area contributed by atoms with Crippen LogP contribution in [-0.4, -0.2) is 53.3 Å². The summed E-state index contributed by atoms with van der Waals surface area (Å²) in [6.07, 6.45) is 2.75. The molecule has 1 saturated carbocycles. The van der Waals surface area contributed by atoms with E-state index < -0.39 is 0 Å². The van der Waals surface area contributed by atoms with Crippen LogP contribution in [0.5, 0.6) is 0 Å². The maximum Gasteiger partial charge on any atom is 0.252 e. The molecule has 2 aromatic rings. The number of amides is 1. The molecule has 1 saturated heterocycles. The lowest BCUT2D eigenvalue weighted by molar-refractivity contribution is -0.146. The van der Waals surface area contributed by atoms with Gasteiger partial charge in [0, 0.05) is 32.5 Å². The average molecular weight is 364 g/mol. The van der Waals surface area contributed by atoms with Crippen molar-refractivity contribution in [1.29, 1.82) is 0 Å². The normalized spacial score (nSPS) is 22.1. The SMILES string of the molecule is CN(C(=O)C1Cc2ccccc2CO1)C1CN(c2ccc(C3CC3)nn2)C1. The first kappa shape index (κ1) is 16.7. The predicted octanol–water partition coefficient (Wildman–Crippen LogP) is 2.14. The van der Waals surface area contributed by atoms with E-state index in [1.807, 2.05) is 24.1 Å². The molecular weight excluding hydrogens is 340 g/mol. The molecule has 0 spiro atoms. The van der Waals surface area contributed by atoms with Crippen LogP contribution in [0.1, 0.15) is 35.6 Å². The zero-order valence-electron chi connectivity index (χ0n) is 15.5. The molecule has 2 aliphatic heterocycles. The number of carbonyl (C=O) groups is 1. The summed E-state index contributed by atoms with van der Waals surface area (Å²) < 4.78 is 5.83. The van der Waals surface area contributed by atoms with Gasteiger partial charge in [-0.3, -0.25) is 4.79 Å². The van der Waals surface area contributed by atoms with Gasteiger partial charge >= 0.3 is 0 Å². The molecule has 0 bridgehead atoms. The van der Waals surface area contributed by atoms with Gasteiger partial charge in [-0.25, -0.2) is 0 Å². The Morgan fingerprint density at radius 3 is 2.59 bits per heavy atom. The standard InChI is InChI=1S/C21H24N4O2/c1-24(21(26)19-10-15-4-2-3-5-16(15)13-27-19)17-11-25(12-17)20-9-8-18(22-23-20)14-6-7-14/h2-5,8-9,14,17,19H,6-7,10-13H2,1H3. The lowest BCUT2D eigenvalue weighted by Crippen LogP contribution is -2.61. The number of hydrogen-bond acceptors (Lipinski definition) is 5. The van der Waals surface area contributed by atoms with E-state index in [4.69, 9.17) is 4.74 Å². The van der Waals surface area contributed by atoms with Crippen molar-refractivity contribution in [3.8, 4) is 0 Å². The summed E-state index contributed by atoms with van der Waals surface area (Å²) in [5, 5.41) is 8.71. The predicted molar refractivity (Wildman–Crippen MR) is 102 cm³/mol. The van der Waals surface area contributed by atoms with E-state index >= 15 is 0 Å². The van der Waals surface area contributed by atoms with E-state index in [9.17, 15) is 4.79 Å². The summed E-state index contributed by atoms with van der Waals surface area (Å²) >= 11 is 0. The number of carbonyl (C=O) groups excluding carboxylic acids is 1. The molecule has 0 radical (unpaired) electrons. The van der Waals surface area contributed by atoms with E-state index in [-0.39, 0.29) is 18.1 Å². The molecule has 6 heteroatoms. The number of aromatic nitrogens is 2. The molecular formula is C21H24N4O2. The fourth-order valence-electron chi connectivity index (χ4n) is 3.90. The van der Waals surface area contributed by atoms with Crippen molar-refractivity contribution in [2.45, 2.75) is 43.9 Å². The van der Waals surface area contributed by atoms with Crippen LogP contribution in [0.3, 0.4) is 0 Å². The van der Waals surface area contributed by atoms with E-state index in [1.165, 1.54) is 24.0 Å². The number of fused-ring (bicyclic) bond motifs is 1. The Morgan fingerprint density at radius 2 is 1.89 bits per heavy atom. The van der Waals surface area contributed by atoms with Crippen molar-refractivity contribution in [2.24, 2.45) is 0 Å². The van der Waals surface area contributed by atoms with Crippen LogP contribution in [0.25, 0.3) is 0 Å². The first-order valence-corrected chi connectivity index (χ1v) is 9.72. The maximum atomic E-state index is 12.9. The van der Waals surface area contributed by atoms with Crippen LogP contribution in [-0.2, 0) is 22.6 Å². The van der Waals surface area contributed by atoms with Crippen molar-refractivity contribution in [2.75, 3.05) is 25.0 Å². The van der Waals surface area contributed by atoms with Crippen LogP contribution in [0.4, 0.5) is 5.82 Å². The van der Waals surface area contributed by atoms with E-state index in [0.29, 0.717) is 18.9 Å². The zero-order valence-corrected chi connectivity index (χ0v) is 15.5. The van der Waals surface area contributed by atoms with Crippen molar-refractivity contribution in [1.82, 2.24) is 15.1 Å². The van der Waals surface area contributed by atoms with Gasteiger partial charge in [0.05, 0.1) is 18.3 Å². The van der Waals surface area contributed by atoms with Gasteiger partial charge in [0.1, 0.15) is 6.10 Å². The van der Waals surface area contributed by atoms with Gasteiger partial charge in [-0.1, -0.05) is 24.3 Å². The molecule has 1 amide bonds. The summed E-state index contributed by atoms with van der Waals surface area (Å²) in [7, 11) is 1.89. The Morgan fingerprint density at radius 1 is 1.11 bits per heavy atom. The minimum atomic E-state index is -0.378. The van der Waals surface area contributed by atoms with Crippen molar-refractivity contribution >= 4 is 11.7 Å². The molecule has 2 fully saturated rings. The van der Waals surface area contributed by atoms with Gasteiger partial charge in [0.2, 0.25) is 0 Å². The second-order valence-corrected chi connectivity index (χ2v) is 7.87. The number of rotatable bonds is 4. The number of nitrogens with zero attached hydrogens (tertiary/aromatic N) is 4. The maximum absolute atomic E-state index is 12.9. The monoisotopic (exact) mass is 364 g/mol. The van der Waals surface area contributed by atoms with Gasteiger partial charge in [-0.2, -0.15) is 5.10 Å². The van der Waals surface area contributed by atoms with E-state index in [1.54, 1.807) is 0 Å². The Labute approximate surface area is 159 Å². The number of ether oxygens (including phenoxy) is 1. The molecule has 1 unspecified atom stereocenters. The molecule has 1 aliphatic carbocycles. The summed E-state index contributed by atoms with van der Waals surface area (Å²) in [4.78, 5) is 16.9. The molecule has 6 nitrogen and oxygen atoms in total. The Kier molecular flexibility index (Phi) is 4.08. The van der Waals surface area contributed by atoms with Crippen LogP contribution < -0.4 is 4.90 Å². The Balaban J connectivity index is 1.17. The first-order chi connectivity index (χ1) is 13.2. The van der Waals surface area contributed by atoms with Crippen molar-refractivity contribution in [3.63, 3.8) is 0 Å². The van der Waals surface area contributed by atoms with Gasteiger partial charge in [-0.05, 0) is 36.1 Å². The number of likely N-dealkylation sites (N-methyl/N-ethyl adjacent to an activating group) is 1. The Bertz CT molecular complexity index is 844. The molecule has 1 aromatic heterocycles. The Hall–Kier alpha value is -2.47. The highest BCUT2D eigenvalue weighted by molar-refractivity contribution is 5.82. The molecule has 1 aromatic carbocycles. The summed E-state index contributed by atoms with van der Waals surface area (Å²) in [5.74, 6) is 1.60. The van der Waals surface area contributed by atoms with Crippen LogP contribution in [0.15, 0.2) is 36.4 Å². The lowest BCUT2D eigenvalue weighted by atomic mass is 9.98. The topological polar surface area (TPSA) is 58.6 Å². The molecule has 3 aliphatic rings. The van der Waals surface area contributed by atoms with E-state index in [2.05, 4.69) is 39.4 Å². The highest BCUT2D eigenvalue weighted by Gasteiger charge is 2.37. The van der Waals surface area contributed by atoms with Gasteiger partial charge in [0.25, 0.3) is 5.91 Å². The minimum absolute atomic E-state index is 0.0734. The number of hydrogen-bond donors (Lipinski definition) is 0. The van der Waals surface area contributed by atoms with Crippen LogP contribution >= 0.6 is 0 Å². The summed E-state index contributed by atoms with van der Waals surface area (Å²) in [6.45, 7) is 2.10. The average Bonchev–Trinajstić information content (AvgIpc) is 3.51. The lowest BCUT2D eigenvalue weighted by Gasteiger charge is -2.45. The second kappa shape index (κ2) is 6.60. The first-order valence-electron chi connectivity index (χ1n) is 9.72. The molecule has 27 heavy (non-hydrogen) atoms. The minimum Gasteiger partial charge on any atom is -0.363 e. The molecule has 1 atom stereocenters. The number of benzene rings is 1. The van der Waals surface area contributed by atoms with Gasteiger partial charge in [0.15, 0.2) is 5.82 Å². The smallest absolute Gasteiger partial charge is 0.252 e. The number of anilines is 1. The highest BCUT2D eigenvalue weighted by atomic mass is 16.5. The summed E-state index contributed by atoms with van der Waals surface area (Å²) in [5.41, 5.74) is 3.52. The summed E-state index contributed by atoms with van der Waals surface area (Å²) in [6, 6.07) is 12.5. The van der Waals surface area contributed by atoms with Crippen LogP contribution in [0, 0.1) is 0 Å². The third-order valence-corrected chi connectivity index (χ3v) is 5.99. The van der Waals surface area contributed by atoms with Gasteiger partial charge in [-0.15, -0.1) is 5.10 Å². The highest BCUT2D eigenvalue weighted by Crippen LogP contribution is 2.39. The molecule has 0 N–H and O–H groups in total. The third kappa shape index (κ3) is 3.18. The molecule has 5 rings (SSSR count). The van der Waals surface area contributed by atoms with Crippen LogP contribution in [0.2, 0.25) is 0 Å². The van der Waals surface area contributed by atoms with Gasteiger partial charge < -0.3 is 14.5 Å². The quantitative estimate of drug-likeness (QED) is 0.832. The second-order valence-electron chi connectivity index (χ2n) is 7.87. The fraction of sp³-hybridized carbons (Fsp3) is 0.476. The van der Waals surface area contributed by atoms with Crippen molar-refractivity contribution < 1.29 is 9.53 Å². The zero-order chi connectivity index (χ0) is 18.4. The largest absolute Gasteiger partial charge is 0.363 e. The molecule has 140 valence electrons.